The molecule has 0 aliphatic heterocycles. The first-order valence-electron chi connectivity index (χ1n) is 25.5. The Morgan fingerprint density at radius 1 is 0.426 bits per heavy atom. The maximum Gasteiger partial charge on any atom is 0.120 e. The van der Waals surface area contributed by atoms with Crippen LogP contribution < -0.4 is 0 Å². The third-order valence-electron chi connectivity index (χ3n) is 18.6. The van der Waals surface area contributed by atoms with Gasteiger partial charge in [-0.25, -0.2) is 0 Å². The summed E-state index contributed by atoms with van der Waals surface area (Å²) >= 11 is 0. The van der Waals surface area contributed by atoms with Gasteiger partial charge < -0.3 is 19.1 Å². The Morgan fingerprint density at radius 2 is 0.676 bits per heavy atom. The molecule has 0 aromatic heterocycles. The maximum atomic E-state index is 5.92. The summed E-state index contributed by atoms with van der Waals surface area (Å²) in [4.78, 5) is 0. The summed E-state index contributed by atoms with van der Waals surface area (Å²) in [5.41, 5.74) is 8.39. The van der Waals surface area contributed by atoms with Crippen LogP contribution in [0.15, 0.2) is 109 Å². The van der Waals surface area contributed by atoms with Crippen LogP contribution in [0.4, 0.5) is 0 Å². The topological polar surface area (TPSA) is 34.7 Å². The van der Waals surface area contributed by atoms with Crippen LogP contribution in [0.5, 0.6) is 0 Å². The van der Waals surface area contributed by atoms with Crippen LogP contribution in [0.1, 0.15) is 128 Å². The zero-order valence-electron chi connectivity index (χ0n) is 46.7. The zero-order valence-corrected chi connectivity index (χ0v) is 53.2. The third-order valence-corrected chi connectivity index (χ3v) is 46.2. The van der Waals surface area contributed by atoms with Crippen molar-refractivity contribution in [2.45, 2.75) is 185 Å². The molecular weight excluding hydrogens is 968 g/mol. The van der Waals surface area contributed by atoms with Gasteiger partial charge in [0.05, 0.1) is 0 Å². The second-order valence-corrected chi connectivity index (χ2v) is 47.8. The standard InChI is InChI=1S/C45H80N4Si4.2C7H7.Zr/c1-41(2,3)50(13,14)48(51(15,16)42(4,5)6)31-29-46-39-37-33-25-21-23-27-35(33)45(37)36-28-24-22-26-34(36)38(45)40(39)47-30-32-49(52(17,18)43(7,8)9)53(19,20)44(10,11)12;2*1-7-5-3-2-4-6-7;/h21-28,37-40H,29-32H2,1-20H3;2*2-6H,1H2;/q-2;2*-1;/t37?,38?,39-,40-,45?;;;/m1.../s1. The Balaban J connectivity index is 0.000000572. The Morgan fingerprint density at radius 3 is 0.912 bits per heavy atom. The van der Waals surface area contributed by atoms with E-state index in [9.17, 15) is 0 Å². The van der Waals surface area contributed by atoms with Gasteiger partial charge in [0.1, 0.15) is 32.9 Å². The molecular formula is C59H94N4Si4Zr-4. The van der Waals surface area contributed by atoms with Gasteiger partial charge in [0.25, 0.3) is 0 Å². The monoisotopic (exact) mass is 1060 g/mol. The molecule has 3 aliphatic carbocycles. The average molecular weight is 1060 g/mol. The molecule has 1 fully saturated rings. The van der Waals surface area contributed by atoms with Crippen molar-refractivity contribution < 1.29 is 26.2 Å². The normalized spacial score (nSPS) is 21.3. The fourth-order valence-corrected chi connectivity index (χ4v) is 32.1. The molecule has 0 amide bonds. The van der Waals surface area contributed by atoms with Crippen LogP contribution in [0.25, 0.3) is 10.6 Å². The van der Waals surface area contributed by atoms with Crippen LogP contribution in [0.3, 0.4) is 0 Å². The van der Waals surface area contributed by atoms with Crippen LogP contribution in [0, 0.1) is 13.8 Å². The van der Waals surface area contributed by atoms with E-state index in [4.69, 9.17) is 10.6 Å². The largest absolute Gasteiger partial charge is 0.659 e. The number of benzene rings is 4. The predicted molar refractivity (Wildman–Crippen MR) is 307 cm³/mol. The number of rotatable bonds is 12. The molecule has 68 heavy (non-hydrogen) atoms. The van der Waals surface area contributed by atoms with Gasteiger partial charge in [-0.05, 0) is 67.3 Å². The van der Waals surface area contributed by atoms with Crippen LogP contribution in [-0.4, -0.2) is 79.7 Å². The SMILES string of the molecule is CC(C)(C)[Si](C)(C)N(CC[N-][C@@H]1C2c3ccccc3C23c2ccccc2C3[C@H]1[N-]CCN([Si](C)(C)C(C)(C)C)[Si](C)(C)C(C)(C)C)[Si](C)(C)C(C)(C)C.[CH2-]c1ccccc1.[CH2-]c1ccccc1.[Zr]. The summed E-state index contributed by atoms with van der Waals surface area (Å²) in [5.74, 6) is 0.830. The second-order valence-electron chi connectivity index (χ2n) is 26.3. The number of nitrogens with zero attached hydrogens (tertiary/aromatic N) is 4. The minimum atomic E-state index is -1.80. The first kappa shape index (κ1) is 58.8. The van der Waals surface area contributed by atoms with Crippen molar-refractivity contribution >= 4 is 32.9 Å². The van der Waals surface area contributed by atoms with E-state index in [1.54, 1.807) is 11.1 Å². The van der Waals surface area contributed by atoms with Gasteiger partial charge >= 0.3 is 0 Å². The molecule has 0 N–H and O–H groups in total. The summed E-state index contributed by atoms with van der Waals surface area (Å²) in [7, 11) is -7.21. The molecule has 4 aromatic rings. The smallest absolute Gasteiger partial charge is 0.120 e. The van der Waals surface area contributed by atoms with Gasteiger partial charge in [-0.3, -0.25) is 0 Å². The minimum Gasteiger partial charge on any atom is -0.659 e. The number of hydrogen-bond acceptors (Lipinski definition) is 2. The molecule has 0 heterocycles. The molecule has 2 unspecified atom stereocenters. The second kappa shape index (κ2) is 21.4. The van der Waals surface area contributed by atoms with Gasteiger partial charge in [-0.2, -0.15) is 49.2 Å². The van der Waals surface area contributed by atoms with Crippen molar-refractivity contribution in [3.05, 3.63) is 167 Å². The quantitative estimate of drug-likeness (QED) is 0.105. The Hall–Kier alpha value is -1.79. The first-order valence-corrected chi connectivity index (χ1v) is 37.3. The molecule has 3 aliphatic rings. The van der Waals surface area contributed by atoms with Crippen molar-refractivity contribution in [2.24, 2.45) is 0 Å². The van der Waals surface area contributed by atoms with E-state index < -0.39 is 32.9 Å². The molecule has 4 nitrogen and oxygen atoms in total. The molecule has 4 atom stereocenters. The van der Waals surface area contributed by atoms with Crippen molar-refractivity contribution in [1.82, 2.24) is 8.46 Å². The van der Waals surface area contributed by atoms with E-state index >= 15 is 0 Å². The molecule has 9 heteroatoms. The maximum absolute atomic E-state index is 5.92. The third kappa shape index (κ3) is 11.1. The van der Waals surface area contributed by atoms with E-state index in [0.29, 0.717) is 11.8 Å². The summed E-state index contributed by atoms with van der Waals surface area (Å²) in [6.07, 6.45) is 0. The van der Waals surface area contributed by atoms with E-state index in [2.05, 4.69) is 206 Å². The minimum absolute atomic E-state index is 0. The van der Waals surface area contributed by atoms with Gasteiger partial charge in [0.2, 0.25) is 0 Å². The van der Waals surface area contributed by atoms with E-state index in [0.717, 1.165) is 37.3 Å². The summed E-state index contributed by atoms with van der Waals surface area (Å²) in [6.45, 7) is 62.3. The fraction of sp³-hybridized carbons (Fsp3) is 0.559. The Kier molecular flexibility index (Phi) is 18.5. The summed E-state index contributed by atoms with van der Waals surface area (Å²) < 4.78 is 6.16. The van der Waals surface area contributed by atoms with E-state index in [1.807, 2.05) is 60.7 Å². The molecule has 0 radical (unpaired) electrons. The molecule has 374 valence electrons. The molecule has 1 spiro atoms. The molecule has 1 saturated carbocycles. The molecule has 0 bridgehead atoms. The first-order chi connectivity index (χ1) is 30.7. The van der Waals surface area contributed by atoms with E-state index in [-0.39, 0.29) is 63.9 Å². The fourth-order valence-electron chi connectivity index (χ4n) is 11.1. The van der Waals surface area contributed by atoms with Crippen molar-refractivity contribution in [2.75, 3.05) is 26.2 Å². The van der Waals surface area contributed by atoms with Gasteiger partial charge in [0, 0.05) is 31.6 Å². The van der Waals surface area contributed by atoms with Crippen LogP contribution in [0.2, 0.25) is 72.5 Å². The molecule has 7 rings (SSSR count). The van der Waals surface area contributed by atoms with E-state index in [1.165, 1.54) is 11.1 Å². The van der Waals surface area contributed by atoms with Gasteiger partial charge in [-0.1, -0.05) is 196 Å². The number of fused-ring (bicyclic) bond motifs is 4. The Labute approximate surface area is 442 Å². The predicted octanol–water partition coefficient (Wildman–Crippen LogP) is 17.0. The molecule has 0 saturated heterocycles. The van der Waals surface area contributed by atoms with Gasteiger partial charge in [0.15, 0.2) is 0 Å². The van der Waals surface area contributed by atoms with Crippen molar-refractivity contribution in [3.63, 3.8) is 0 Å². The van der Waals surface area contributed by atoms with Crippen LogP contribution >= 0.6 is 0 Å². The average Bonchev–Trinajstić information content (AvgIpc) is 3.40. The van der Waals surface area contributed by atoms with Gasteiger partial charge in [-0.15, -0.1) is 49.4 Å². The van der Waals surface area contributed by atoms with Crippen molar-refractivity contribution in [1.29, 1.82) is 0 Å². The summed E-state index contributed by atoms with van der Waals surface area (Å²) in [6, 6.07) is 38.9. The Bertz CT molecular complexity index is 2020. The van der Waals surface area contributed by atoms with Crippen molar-refractivity contribution in [3.8, 4) is 0 Å². The number of hydrogen-bond donors (Lipinski definition) is 0. The molecule has 4 aromatic carbocycles. The summed E-state index contributed by atoms with van der Waals surface area (Å²) in [5, 5.41) is 13.0. The van der Waals surface area contributed by atoms with Crippen LogP contribution in [-0.2, 0) is 31.6 Å². The zero-order chi connectivity index (χ0) is 50.4.